The molecular formula is C17H32F3IN4O3S. The third kappa shape index (κ3) is 9.13. The van der Waals surface area contributed by atoms with E-state index in [0.29, 0.717) is 42.8 Å². The maximum atomic E-state index is 12.6. The third-order valence-electron chi connectivity index (χ3n) is 4.87. The second-order valence-electron chi connectivity index (χ2n) is 7.31. The molecule has 1 aliphatic carbocycles. The monoisotopic (exact) mass is 556 g/mol. The lowest BCUT2D eigenvalue weighted by Gasteiger charge is -2.30. The van der Waals surface area contributed by atoms with Crippen molar-refractivity contribution in [2.75, 3.05) is 45.9 Å². The minimum absolute atomic E-state index is 0. The number of guanidine groups is 1. The van der Waals surface area contributed by atoms with Crippen LogP contribution in [-0.4, -0.2) is 70.1 Å². The standard InChI is InChI=1S/C17H31F3N4O3S.HI/c1-2-21-16(22-8-3-11-27-13-15-4-5-15)23-12-14-6-9-24(10-7-14)28(25,26)17(18,19)20;/h14-15H,2-13H2,1H3,(H2,21,22,23);1H. The molecule has 172 valence electrons. The topological polar surface area (TPSA) is 83.0 Å². The molecule has 0 aromatic heterocycles. The molecule has 0 spiro atoms. The molecule has 2 aliphatic rings. The zero-order valence-corrected chi connectivity index (χ0v) is 19.9. The Balaban J connectivity index is 0.00000420. The van der Waals surface area contributed by atoms with Crippen LogP contribution in [0.4, 0.5) is 13.2 Å². The highest BCUT2D eigenvalue weighted by atomic mass is 127. The van der Waals surface area contributed by atoms with Crippen LogP contribution in [-0.2, 0) is 14.8 Å². The van der Waals surface area contributed by atoms with Crippen LogP contribution in [0.5, 0.6) is 0 Å². The van der Waals surface area contributed by atoms with E-state index in [2.05, 4.69) is 15.6 Å². The van der Waals surface area contributed by atoms with Gasteiger partial charge in [-0.3, -0.25) is 4.99 Å². The molecule has 2 rings (SSSR count). The van der Waals surface area contributed by atoms with Crippen molar-refractivity contribution in [3.05, 3.63) is 0 Å². The number of rotatable bonds is 10. The van der Waals surface area contributed by atoms with E-state index in [0.717, 1.165) is 25.5 Å². The van der Waals surface area contributed by atoms with E-state index in [1.54, 1.807) is 0 Å². The number of hydrogen-bond acceptors (Lipinski definition) is 4. The molecule has 1 saturated heterocycles. The zero-order chi connectivity index (χ0) is 20.6. The molecule has 2 N–H and O–H groups in total. The van der Waals surface area contributed by atoms with Gasteiger partial charge in [0, 0.05) is 45.9 Å². The van der Waals surface area contributed by atoms with E-state index in [4.69, 9.17) is 4.74 Å². The second kappa shape index (κ2) is 12.5. The molecule has 0 atom stereocenters. The Morgan fingerprint density at radius 3 is 2.34 bits per heavy atom. The maximum absolute atomic E-state index is 12.6. The van der Waals surface area contributed by atoms with Gasteiger partial charge < -0.3 is 15.4 Å². The first-order valence-corrected chi connectivity index (χ1v) is 11.3. The van der Waals surface area contributed by atoms with Gasteiger partial charge in [-0.1, -0.05) is 0 Å². The van der Waals surface area contributed by atoms with Crippen molar-refractivity contribution >= 4 is 40.0 Å². The third-order valence-corrected chi connectivity index (χ3v) is 6.50. The van der Waals surface area contributed by atoms with Crippen LogP contribution >= 0.6 is 24.0 Å². The van der Waals surface area contributed by atoms with Crippen LogP contribution in [0.1, 0.15) is 39.0 Å². The average Bonchev–Trinajstić information content (AvgIpc) is 3.46. The van der Waals surface area contributed by atoms with Gasteiger partial charge in [0.15, 0.2) is 5.96 Å². The first-order chi connectivity index (χ1) is 13.2. The summed E-state index contributed by atoms with van der Waals surface area (Å²) >= 11 is 0. The lowest BCUT2D eigenvalue weighted by Crippen LogP contribution is -2.45. The molecule has 1 aliphatic heterocycles. The summed E-state index contributed by atoms with van der Waals surface area (Å²) in [5.41, 5.74) is -5.23. The van der Waals surface area contributed by atoms with Crippen LogP contribution in [0.25, 0.3) is 0 Å². The van der Waals surface area contributed by atoms with E-state index in [-0.39, 0.29) is 43.0 Å². The molecule has 0 amide bonds. The fourth-order valence-corrected chi connectivity index (χ4v) is 3.94. The van der Waals surface area contributed by atoms with Crippen LogP contribution < -0.4 is 10.6 Å². The number of piperidine rings is 1. The Morgan fingerprint density at radius 2 is 1.79 bits per heavy atom. The van der Waals surface area contributed by atoms with Gasteiger partial charge in [0.05, 0.1) is 0 Å². The number of ether oxygens (including phenoxy) is 1. The summed E-state index contributed by atoms with van der Waals surface area (Å²) in [6.45, 7) is 5.13. The normalized spacial score (nSPS) is 19.7. The van der Waals surface area contributed by atoms with Crippen molar-refractivity contribution in [1.82, 2.24) is 14.9 Å². The Bertz CT molecular complexity index is 608. The molecule has 1 saturated carbocycles. The van der Waals surface area contributed by atoms with Gasteiger partial charge in [0.2, 0.25) is 0 Å². The Kier molecular flexibility index (Phi) is 11.5. The Hall–Kier alpha value is -0.340. The van der Waals surface area contributed by atoms with E-state index >= 15 is 0 Å². The number of nitrogens with one attached hydrogen (secondary N) is 2. The van der Waals surface area contributed by atoms with Crippen LogP contribution in [0.2, 0.25) is 0 Å². The number of hydrogen-bond donors (Lipinski definition) is 2. The number of sulfonamides is 1. The van der Waals surface area contributed by atoms with Crippen LogP contribution in [0.15, 0.2) is 4.99 Å². The molecule has 0 aromatic carbocycles. The summed E-state index contributed by atoms with van der Waals surface area (Å²) in [6, 6.07) is 0. The number of nitrogens with zero attached hydrogens (tertiary/aromatic N) is 2. The lowest BCUT2D eigenvalue weighted by molar-refractivity contribution is -0.0496. The van der Waals surface area contributed by atoms with Gasteiger partial charge in [-0.25, -0.2) is 8.42 Å². The minimum atomic E-state index is -5.23. The highest BCUT2D eigenvalue weighted by molar-refractivity contribution is 14.0. The fraction of sp³-hybridized carbons (Fsp3) is 0.941. The van der Waals surface area contributed by atoms with Crippen molar-refractivity contribution in [1.29, 1.82) is 0 Å². The van der Waals surface area contributed by atoms with Crippen molar-refractivity contribution < 1.29 is 26.3 Å². The van der Waals surface area contributed by atoms with Crippen LogP contribution in [0.3, 0.4) is 0 Å². The summed E-state index contributed by atoms with van der Waals surface area (Å²) < 4.78 is 66.8. The molecule has 0 bridgehead atoms. The van der Waals surface area contributed by atoms with Crippen molar-refractivity contribution in [2.45, 2.75) is 44.5 Å². The summed E-state index contributed by atoms with van der Waals surface area (Å²) in [5.74, 6) is 1.48. The molecule has 1 heterocycles. The highest BCUT2D eigenvalue weighted by Crippen LogP contribution is 2.30. The molecule has 12 heteroatoms. The summed E-state index contributed by atoms with van der Waals surface area (Å²) in [5, 5.41) is 6.36. The molecule has 29 heavy (non-hydrogen) atoms. The molecular weight excluding hydrogens is 524 g/mol. The number of alkyl halides is 3. The minimum Gasteiger partial charge on any atom is -0.381 e. The molecule has 0 aromatic rings. The van der Waals surface area contributed by atoms with E-state index in [1.165, 1.54) is 12.8 Å². The van der Waals surface area contributed by atoms with Gasteiger partial charge >= 0.3 is 15.5 Å². The van der Waals surface area contributed by atoms with Crippen molar-refractivity contribution in [3.63, 3.8) is 0 Å². The highest BCUT2D eigenvalue weighted by Gasteiger charge is 2.50. The number of aliphatic imine (C=N–C) groups is 1. The van der Waals surface area contributed by atoms with Crippen molar-refractivity contribution in [2.24, 2.45) is 16.8 Å². The first kappa shape index (κ1) is 26.7. The van der Waals surface area contributed by atoms with E-state index < -0.39 is 15.5 Å². The van der Waals surface area contributed by atoms with Gasteiger partial charge in [0.1, 0.15) is 0 Å². The number of halogens is 4. The van der Waals surface area contributed by atoms with E-state index in [9.17, 15) is 21.6 Å². The summed E-state index contributed by atoms with van der Waals surface area (Å²) in [4.78, 5) is 4.49. The van der Waals surface area contributed by atoms with Gasteiger partial charge in [-0.2, -0.15) is 17.5 Å². The predicted molar refractivity (Wildman–Crippen MR) is 117 cm³/mol. The fourth-order valence-electron chi connectivity index (χ4n) is 2.96. The first-order valence-electron chi connectivity index (χ1n) is 9.90. The Labute approximate surface area is 188 Å². The van der Waals surface area contributed by atoms with Gasteiger partial charge in [-0.15, -0.1) is 24.0 Å². The smallest absolute Gasteiger partial charge is 0.381 e. The average molecular weight is 556 g/mol. The van der Waals surface area contributed by atoms with Gasteiger partial charge in [-0.05, 0) is 50.9 Å². The summed E-state index contributed by atoms with van der Waals surface area (Å²) in [6.07, 6.45) is 4.15. The van der Waals surface area contributed by atoms with E-state index in [1.807, 2.05) is 6.92 Å². The Morgan fingerprint density at radius 1 is 1.14 bits per heavy atom. The lowest BCUT2D eigenvalue weighted by atomic mass is 9.98. The quantitative estimate of drug-likeness (QED) is 0.187. The predicted octanol–water partition coefficient (Wildman–Crippen LogP) is 2.54. The maximum Gasteiger partial charge on any atom is 0.511 e. The molecule has 0 radical (unpaired) electrons. The second-order valence-corrected chi connectivity index (χ2v) is 9.24. The van der Waals surface area contributed by atoms with Gasteiger partial charge in [0.25, 0.3) is 0 Å². The summed E-state index contributed by atoms with van der Waals surface area (Å²) in [7, 11) is -5.22. The van der Waals surface area contributed by atoms with Crippen molar-refractivity contribution in [3.8, 4) is 0 Å². The SMILES string of the molecule is CCNC(=NCC1CCN(S(=O)(=O)C(F)(F)F)CC1)NCCCOCC1CC1.I. The molecule has 7 nitrogen and oxygen atoms in total. The molecule has 0 unspecified atom stereocenters. The zero-order valence-electron chi connectivity index (χ0n) is 16.7. The largest absolute Gasteiger partial charge is 0.511 e. The molecule has 2 fully saturated rings. The van der Waals surface area contributed by atoms with Crippen LogP contribution in [0, 0.1) is 11.8 Å².